The normalized spacial score (nSPS) is 10.2. The molecule has 0 aliphatic heterocycles. The first-order chi connectivity index (χ1) is 9.15. The number of anilines is 1. The fourth-order valence-electron chi connectivity index (χ4n) is 1.50. The molecule has 1 aromatic heterocycles. The van der Waals surface area contributed by atoms with Gasteiger partial charge in [-0.1, -0.05) is 6.07 Å². The second-order valence-electron chi connectivity index (χ2n) is 3.74. The maximum atomic E-state index is 11.3. The average Bonchev–Trinajstić information content (AvgIpc) is 2.44. The molecule has 0 amide bonds. The first kappa shape index (κ1) is 12.9. The highest BCUT2D eigenvalue weighted by Gasteiger charge is 2.11. The van der Waals surface area contributed by atoms with E-state index < -0.39 is 5.56 Å². The summed E-state index contributed by atoms with van der Waals surface area (Å²) in [7, 11) is 1.51. The van der Waals surface area contributed by atoms with Crippen molar-refractivity contribution in [3.8, 4) is 17.4 Å². The first-order valence-electron chi connectivity index (χ1n) is 5.53. The third-order valence-corrected chi connectivity index (χ3v) is 2.52. The van der Waals surface area contributed by atoms with Crippen LogP contribution in [0.1, 0.15) is 5.56 Å². The Kier molecular flexibility index (Phi) is 3.67. The molecule has 1 aromatic carbocycles. The van der Waals surface area contributed by atoms with Gasteiger partial charge in [0.15, 0.2) is 17.2 Å². The van der Waals surface area contributed by atoms with Gasteiger partial charge < -0.3 is 25.9 Å². The number of ether oxygens (including phenoxy) is 2. The van der Waals surface area contributed by atoms with Crippen LogP contribution in [0.15, 0.2) is 29.3 Å². The van der Waals surface area contributed by atoms with Crippen LogP contribution < -0.4 is 26.5 Å². The molecule has 0 radical (unpaired) electrons. The van der Waals surface area contributed by atoms with Crippen LogP contribution in [0.3, 0.4) is 0 Å². The summed E-state index contributed by atoms with van der Waals surface area (Å²) in [6.45, 7) is 0.391. The largest absolute Gasteiger partial charge is 0.493 e. The van der Waals surface area contributed by atoms with Crippen LogP contribution in [0.5, 0.6) is 17.4 Å². The maximum absolute atomic E-state index is 11.3. The molecule has 1 heterocycles. The van der Waals surface area contributed by atoms with Gasteiger partial charge in [0.25, 0.3) is 5.56 Å². The van der Waals surface area contributed by atoms with Gasteiger partial charge in [-0.05, 0) is 17.7 Å². The Hall–Kier alpha value is -2.54. The van der Waals surface area contributed by atoms with Gasteiger partial charge in [-0.25, -0.2) is 4.98 Å². The molecule has 0 aliphatic rings. The molecular weight excluding hydrogens is 248 g/mol. The molecule has 7 heteroatoms. The van der Waals surface area contributed by atoms with E-state index in [2.05, 4.69) is 9.97 Å². The molecule has 0 unspecified atom stereocenters. The van der Waals surface area contributed by atoms with Crippen molar-refractivity contribution in [3.63, 3.8) is 0 Å². The van der Waals surface area contributed by atoms with Crippen molar-refractivity contribution in [2.45, 2.75) is 6.54 Å². The Balaban J connectivity index is 2.38. The van der Waals surface area contributed by atoms with E-state index in [4.69, 9.17) is 20.9 Å². The summed E-state index contributed by atoms with van der Waals surface area (Å²) in [5.41, 5.74) is 11.5. The van der Waals surface area contributed by atoms with Gasteiger partial charge in [0.2, 0.25) is 5.88 Å². The summed E-state index contributed by atoms with van der Waals surface area (Å²) >= 11 is 0. The van der Waals surface area contributed by atoms with Crippen molar-refractivity contribution in [2.24, 2.45) is 5.73 Å². The highest BCUT2D eigenvalue weighted by molar-refractivity contribution is 5.50. The molecule has 0 bridgehead atoms. The van der Waals surface area contributed by atoms with E-state index >= 15 is 0 Å². The number of nitrogens with zero attached hydrogens (tertiary/aromatic N) is 1. The van der Waals surface area contributed by atoms with Crippen LogP contribution in [0.2, 0.25) is 0 Å². The summed E-state index contributed by atoms with van der Waals surface area (Å²) < 4.78 is 10.7. The van der Waals surface area contributed by atoms with Gasteiger partial charge in [0.05, 0.1) is 13.4 Å². The lowest BCUT2D eigenvalue weighted by molar-refractivity contribution is 0.374. The minimum atomic E-state index is -0.456. The molecule has 0 aliphatic carbocycles. The van der Waals surface area contributed by atoms with E-state index in [0.717, 1.165) is 5.56 Å². The second kappa shape index (κ2) is 5.40. The fourth-order valence-corrected chi connectivity index (χ4v) is 1.50. The molecule has 2 aromatic rings. The number of H-pyrrole nitrogens is 1. The van der Waals surface area contributed by atoms with E-state index in [1.165, 1.54) is 13.4 Å². The number of rotatable bonds is 4. The summed E-state index contributed by atoms with van der Waals surface area (Å²) in [5, 5.41) is 0. The van der Waals surface area contributed by atoms with E-state index in [0.29, 0.717) is 18.0 Å². The summed E-state index contributed by atoms with van der Waals surface area (Å²) in [5.74, 6) is 0.927. The van der Waals surface area contributed by atoms with Gasteiger partial charge in [0, 0.05) is 6.54 Å². The van der Waals surface area contributed by atoms with Gasteiger partial charge in [-0.15, -0.1) is 0 Å². The topological polar surface area (TPSA) is 116 Å². The van der Waals surface area contributed by atoms with E-state index in [-0.39, 0.29) is 11.6 Å². The maximum Gasteiger partial charge on any atom is 0.277 e. The van der Waals surface area contributed by atoms with E-state index in [1.807, 2.05) is 0 Å². The van der Waals surface area contributed by atoms with Crippen LogP contribution in [0.25, 0.3) is 0 Å². The number of aromatic nitrogens is 2. The quantitative estimate of drug-likeness (QED) is 0.743. The smallest absolute Gasteiger partial charge is 0.277 e. The highest BCUT2D eigenvalue weighted by atomic mass is 16.5. The van der Waals surface area contributed by atoms with Gasteiger partial charge in [-0.3, -0.25) is 4.79 Å². The standard InChI is InChI=1S/C12H14N4O3/c1-18-9-4-7(5-13)2-3-8(9)19-12-10(14)11(17)15-6-16-12/h2-4,6H,5,13-14H2,1H3,(H,15,16,17). The predicted molar refractivity (Wildman–Crippen MR) is 70.2 cm³/mol. The van der Waals surface area contributed by atoms with Crippen molar-refractivity contribution in [1.82, 2.24) is 9.97 Å². The highest BCUT2D eigenvalue weighted by Crippen LogP contribution is 2.32. The van der Waals surface area contributed by atoms with Crippen molar-refractivity contribution < 1.29 is 9.47 Å². The zero-order valence-corrected chi connectivity index (χ0v) is 10.3. The minimum Gasteiger partial charge on any atom is -0.493 e. The van der Waals surface area contributed by atoms with Crippen molar-refractivity contribution in [3.05, 3.63) is 40.4 Å². The molecular formula is C12H14N4O3. The van der Waals surface area contributed by atoms with Crippen molar-refractivity contribution in [1.29, 1.82) is 0 Å². The molecule has 19 heavy (non-hydrogen) atoms. The molecule has 5 N–H and O–H groups in total. The Labute approximate surface area is 109 Å². The predicted octanol–water partition coefficient (Wildman–Crippen LogP) is 0.612. The van der Waals surface area contributed by atoms with Crippen molar-refractivity contribution >= 4 is 5.69 Å². The number of methoxy groups -OCH3 is 1. The van der Waals surface area contributed by atoms with Crippen molar-refractivity contribution in [2.75, 3.05) is 12.8 Å². The van der Waals surface area contributed by atoms with E-state index in [9.17, 15) is 4.79 Å². The van der Waals surface area contributed by atoms with Crippen LogP contribution in [-0.2, 0) is 6.54 Å². The molecule has 100 valence electrons. The Morgan fingerprint density at radius 2 is 2.16 bits per heavy atom. The Bertz CT molecular complexity index is 639. The monoisotopic (exact) mass is 262 g/mol. The minimum absolute atomic E-state index is 0.0301. The molecule has 0 fully saturated rings. The number of aromatic amines is 1. The zero-order valence-electron chi connectivity index (χ0n) is 10.3. The fraction of sp³-hybridized carbons (Fsp3) is 0.167. The Morgan fingerprint density at radius 3 is 2.84 bits per heavy atom. The number of benzene rings is 1. The van der Waals surface area contributed by atoms with Crippen LogP contribution in [-0.4, -0.2) is 17.1 Å². The van der Waals surface area contributed by atoms with E-state index in [1.54, 1.807) is 18.2 Å². The third-order valence-electron chi connectivity index (χ3n) is 2.52. The summed E-state index contributed by atoms with van der Waals surface area (Å²) in [6.07, 6.45) is 1.22. The molecule has 0 saturated carbocycles. The first-order valence-corrected chi connectivity index (χ1v) is 5.53. The number of nitrogen functional groups attached to an aromatic ring is 1. The van der Waals surface area contributed by atoms with Crippen LogP contribution in [0, 0.1) is 0 Å². The number of hydrogen-bond acceptors (Lipinski definition) is 6. The molecule has 7 nitrogen and oxygen atoms in total. The molecule has 0 spiro atoms. The second-order valence-corrected chi connectivity index (χ2v) is 3.74. The van der Waals surface area contributed by atoms with Crippen LogP contribution in [0.4, 0.5) is 5.69 Å². The van der Waals surface area contributed by atoms with Gasteiger partial charge in [-0.2, -0.15) is 0 Å². The van der Waals surface area contributed by atoms with Gasteiger partial charge >= 0.3 is 0 Å². The average molecular weight is 262 g/mol. The molecule has 0 atom stereocenters. The number of hydrogen-bond donors (Lipinski definition) is 3. The summed E-state index contributed by atoms with van der Waals surface area (Å²) in [6, 6.07) is 5.23. The third kappa shape index (κ3) is 2.66. The molecule has 0 saturated heterocycles. The lowest BCUT2D eigenvalue weighted by Gasteiger charge is -2.11. The molecule has 2 rings (SSSR count). The Morgan fingerprint density at radius 1 is 1.37 bits per heavy atom. The number of nitrogens with one attached hydrogen (secondary N) is 1. The zero-order chi connectivity index (χ0) is 13.8. The number of nitrogens with two attached hydrogens (primary N) is 2. The lowest BCUT2D eigenvalue weighted by atomic mass is 10.2. The summed E-state index contributed by atoms with van der Waals surface area (Å²) in [4.78, 5) is 17.6. The van der Waals surface area contributed by atoms with Gasteiger partial charge in [0.1, 0.15) is 0 Å². The van der Waals surface area contributed by atoms with Crippen LogP contribution >= 0.6 is 0 Å². The lowest BCUT2D eigenvalue weighted by Crippen LogP contribution is -2.13. The SMILES string of the molecule is COc1cc(CN)ccc1Oc1nc[nH]c(=O)c1N.